The van der Waals surface area contributed by atoms with Crippen molar-refractivity contribution in [2.24, 2.45) is 0 Å². The number of ether oxygens (including phenoxy) is 2. The predicted octanol–water partition coefficient (Wildman–Crippen LogP) is 2.11. The summed E-state index contributed by atoms with van der Waals surface area (Å²) in [6.07, 6.45) is 6.19. The van der Waals surface area contributed by atoms with E-state index in [0.717, 1.165) is 18.7 Å². The zero-order valence-corrected chi connectivity index (χ0v) is 12.9. The Morgan fingerprint density at radius 3 is 3.00 bits per heavy atom. The molecule has 0 radical (unpaired) electrons. The Labute approximate surface area is 128 Å². The Balaban J connectivity index is 1.79. The molecule has 0 bridgehead atoms. The molecule has 7 heteroatoms. The second-order valence-corrected chi connectivity index (χ2v) is 5.08. The quantitative estimate of drug-likeness (QED) is 0.813. The standard InChI is InChI=1S/C15H20N4O3/c1-3-19-12(7-9-16-19)5-6-13-17-18-14(22-13)15(21-4-2)8-10-20-11-15/h5-7,9H,3-4,8,10-11H2,1-2H3. The molecule has 3 heterocycles. The third-order valence-corrected chi connectivity index (χ3v) is 3.68. The lowest BCUT2D eigenvalue weighted by Gasteiger charge is -2.22. The third kappa shape index (κ3) is 2.82. The third-order valence-electron chi connectivity index (χ3n) is 3.68. The van der Waals surface area contributed by atoms with Gasteiger partial charge in [0.1, 0.15) is 0 Å². The number of hydrogen-bond acceptors (Lipinski definition) is 6. The molecule has 1 unspecified atom stereocenters. The van der Waals surface area contributed by atoms with Gasteiger partial charge in [0.2, 0.25) is 5.89 Å². The van der Waals surface area contributed by atoms with Crippen molar-refractivity contribution in [1.82, 2.24) is 20.0 Å². The van der Waals surface area contributed by atoms with Crippen LogP contribution in [0.5, 0.6) is 0 Å². The summed E-state index contributed by atoms with van der Waals surface area (Å²) in [5.41, 5.74) is 0.393. The van der Waals surface area contributed by atoms with Crippen LogP contribution in [-0.2, 0) is 21.6 Å². The van der Waals surface area contributed by atoms with Gasteiger partial charge in [0.15, 0.2) is 5.60 Å². The highest BCUT2D eigenvalue weighted by Crippen LogP contribution is 2.33. The Morgan fingerprint density at radius 1 is 1.36 bits per heavy atom. The van der Waals surface area contributed by atoms with Gasteiger partial charge in [-0.2, -0.15) is 5.10 Å². The van der Waals surface area contributed by atoms with Gasteiger partial charge >= 0.3 is 0 Å². The Kier molecular flexibility index (Phi) is 4.35. The highest BCUT2D eigenvalue weighted by atomic mass is 16.6. The van der Waals surface area contributed by atoms with E-state index in [0.29, 0.717) is 31.6 Å². The van der Waals surface area contributed by atoms with E-state index in [1.54, 1.807) is 12.3 Å². The van der Waals surface area contributed by atoms with E-state index < -0.39 is 5.60 Å². The van der Waals surface area contributed by atoms with E-state index in [-0.39, 0.29) is 0 Å². The Morgan fingerprint density at radius 2 is 2.27 bits per heavy atom. The van der Waals surface area contributed by atoms with Crippen LogP contribution in [-0.4, -0.2) is 39.8 Å². The minimum absolute atomic E-state index is 0.449. The number of hydrogen-bond donors (Lipinski definition) is 0. The van der Waals surface area contributed by atoms with Gasteiger partial charge in [-0.3, -0.25) is 4.68 Å². The largest absolute Gasteiger partial charge is 0.418 e. The molecule has 1 saturated heterocycles. The van der Waals surface area contributed by atoms with Crippen LogP contribution in [0.4, 0.5) is 0 Å². The van der Waals surface area contributed by atoms with Gasteiger partial charge < -0.3 is 13.9 Å². The van der Waals surface area contributed by atoms with Crippen LogP contribution >= 0.6 is 0 Å². The molecule has 0 N–H and O–H groups in total. The summed E-state index contributed by atoms with van der Waals surface area (Å²) in [5, 5.41) is 12.4. The summed E-state index contributed by atoms with van der Waals surface area (Å²) in [4.78, 5) is 0. The van der Waals surface area contributed by atoms with Crippen LogP contribution < -0.4 is 0 Å². The number of rotatable bonds is 6. The molecule has 2 aromatic heterocycles. The highest BCUT2D eigenvalue weighted by molar-refractivity contribution is 5.63. The van der Waals surface area contributed by atoms with E-state index in [4.69, 9.17) is 13.9 Å². The van der Waals surface area contributed by atoms with Crippen molar-refractivity contribution in [3.05, 3.63) is 29.7 Å². The molecule has 0 amide bonds. The average molecular weight is 304 g/mol. The van der Waals surface area contributed by atoms with E-state index in [9.17, 15) is 0 Å². The van der Waals surface area contributed by atoms with E-state index >= 15 is 0 Å². The predicted molar refractivity (Wildman–Crippen MR) is 79.9 cm³/mol. The molecular formula is C15H20N4O3. The van der Waals surface area contributed by atoms with Crippen molar-refractivity contribution < 1.29 is 13.9 Å². The van der Waals surface area contributed by atoms with Crippen molar-refractivity contribution >= 4 is 12.2 Å². The lowest BCUT2D eigenvalue weighted by atomic mass is 10.0. The van der Waals surface area contributed by atoms with Gasteiger partial charge in [-0.15, -0.1) is 10.2 Å². The zero-order chi connectivity index (χ0) is 15.4. The second kappa shape index (κ2) is 6.41. The summed E-state index contributed by atoms with van der Waals surface area (Å²) in [6.45, 7) is 6.47. The molecule has 2 aromatic rings. The zero-order valence-electron chi connectivity index (χ0n) is 12.9. The molecule has 0 spiro atoms. The number of aryl methyl sites for hydroxylation is 1. The maximum absolute atomic E-state index is 5.82. The van der Waals surface area contributed by atoms with Crippen LogP contribution in [0.15, 0.2) is 16.7 Å². The smallest absolute Gasteiger partial charge is 0.251 e. The van der Waals surface area contributed by atoms with E-state index in [1.165, 1.54) is 0 Å². The molecule has 3 rings (SSSR count). The molecule has 0 saturated carbocycles. The minimum atomic E-state index is -0.598. The first-order valence-electron chi connectivity index (χ1n) is 7.53. The van der Waals surface area contributed by atoms with Crippen molar-refractivity contribution in [2.75, 3.05) is 19.8 Å². The van der Waals surface area contributed by atoms with Crippen LogP contribution in [0.25, 0.3) is 12.2 Å². The first kappa shape index (κ1) is 14.9. The van der Waals surface area contributed by atoms with E-state index in [1.807, 2.05) is 30.7 Å². The van der Waals surface area contributed by atoms with Crippen LogP contribution in [0.3, 0.4) is 0 Å². The maximum atomic E-state index is 5.82. The summed E-state index contributed by atoms with van der Waals surface area (Å²) in [7, 11) is 0. The fourth-order valence-corrected chi connectivity index (χ4v) is 2.56. The van der Waals surface area contributed by atoms with Gasteiger partial charge in [-0.25, -0.2) is 0 Å². The molecule has 118 valence electrons. The molecule has 1 aliphatic rings. The molecule has 0 aliphatic carbocycles. The summed E-state index contributed by atoms with van der Waals surface area (Å²) in [6, 6.07) is 1.93. The summed E-state index contributed by atoms with van der Waals surface area (Å²) in [5.74, 6) is 0.931. The highest BCUT2D eigenvalue weighted by Gasteiger charge is 2.42. The Bertz CT molecular complexity index is 641. The first-order valence-corrected chi connectivity index (χ1v) is 7.53. The van der Waals surface area contributed by atoms with Gasteiger partial charge in [0, 0.05) is 31.8 Å². The monoisotopic (exact) mass is 304 g/mol. The fourth-order valence-electron chi connectivity index (χ4n) is 2.56. The number of nitrogens with zero attached hydrogens (tertiary/aromatic N) is 4. The SMILES string of the molecule is CCOC1(c2nnc(C=Cc3ccnn3CC)o2)CCOC1. The first-order chi connectivity index (χ1) is 10.8. The topological polar surface area (TPSA) is 75.2 Å². The van der Waals surface area contributed by atoms with Crippen molar-refractivity contribution in [3.63, 3.8) is 0 Å². The van der Waals surface area contributed by atoms with Crippen LogP contribution in [0.2, 0.25) is 0 Å². The molecule has 1 fully saturated rings. The molecule has 22 heavy (non-hydrogen) atoms. The molecular weight excluding hydrogens is 284 g/mol. The minimum Gasteiger partial charge on any atom is -0.418 e. The normalized spacial score (nSPS) is 21.9. The maximum Gasteiger partial charge on any atom is 0.251 e. The fraction of sp³-hybridized carbons (Fsp3) is 0.533. The van der Waals surface area contributed by atoms with Gasteiger partial charge in [0.25, 0.3) is 5.89 Å². The van der Waals surface area contributed by atoms with E-state index in [2.05, 4.69) is 15.3 Å². The van der Waals surface area contributed by atoms with Gasteiger partial charge in [0.05, 0.1) is 18.9 Å². The molecule has 7 nitrogen and oxygen atoms in total. The van der Waals surface area contributed by atoms with Crippen LogP contribution in [0, 0.1) is 0 Å². The van der Waals surface area contributed by atoms with Crippen molar-refractivity contribution in [2.45, 2.75) is 32.4 Å². The Hall–Kier alpha value is -1.99. The van der Waals surface area contributed by atoms with Crippen LogP contribution in [0.1, 0.15) is 37.7 Å². The van der Waals surface area contributed by atoms with Crippen molar-refractivity contribution in [1.29, 1.82) is 0 Å². The molecule has 0 aromatic carbocycles. The molecule has 1 aliphatic heterocycles. The second-order valence-electron chi connectivity index (χ2n) is 5.08. The van der Waals surface area contributed by atoms with Gasteiger partial charge in [-0.1, -0.05) is 0 Å². The summed E-state index contributed by atoms with van der Waals surface area (Å²) < 4.78 is 18.9. The molecule has 1 atom stereocenters. The number of aromatic nitrogens is 4. The lowest BCUT2D eigenvalue weighted by Crippen LogP contribution is -2.30. The summed E-state index contributed by atoms with van der Waals surface area (Å²) >= 11 is 0. The average Bonchev–Trinajstić information content (AvgIpc) is 3.26. The lowest BCUT2D eigenvalue weighted by molar-refractivity contribution is -0.0661. The van der Waals surface area contributed by atoms with Gasteiger partial charge in [-0.05, 0) is 26.0 Å². The van der Waals surface area contributed by atoms with Crippen molar-refractivity contribution in [3.8, 4) is 0 Å².